The van der Waals surface area contributed by atoms with Crippen molar-refractivity contribution in [2.45, 2.75) is 26.0 Å². The van der Waals surface area contributed by atoms with Gasteiger partial charge in [-0.3, -0.25) is 15.1 Å². The number of rotatable bonds is 4. The summed E-state index contributed by atoms with van der Waals surface area (Å²) in [6.45, 7) is 4.66. The Bertz CT molecular complexity index is 431. The molecular weight excluding hydrogens is 242 g/mol. The van der Waals surface area contributed by atoms with Crippen LogP contribution in [-0.2, 0) is 6.54 Å². The fourth-order valence-corrected chi connectivity index (χ4v) is 2.50. The summed E-state index contributed by atoms with van der Waals surface area (Å²) >= 11 is 0. The molecule has 1 aromatic rings. The number of hydrogen-bond donors (Lipinski definition) is 3. The number of nitrogens with zero attached hydrogens (tertiary/aromatic N) is 1. The SMILES string of the molecule is CC(O)C1CCN(Cc2ccc(C(=O)NN)cc2)C1. The highest BCUT2D eigenvalue weighted by Gasteiger charge is 2.25. The van der Waals surface area contributed by atoms with Crippen molar-refractivity contribution >= 4 is 5.91 Å². The highest BCUT2D eigenvalue weighted by Crippen LogP contribution is 2.21. The average Bonchev–Trinajstić information content (AvgIpc) is 2.87. The molecule has 19 heavy (non-hydrogen) atoms. The van der Waals surface area contributed by atoms with E-state index < -0.39 is 0 Å². The lowest BCUT2D eigenvalue weighted by Gasteiger charge is -2.17. The summed E-state index contributed by atoms with van der Waals surface area (Å²) in [4.78, 5) is 13.6. The lowest BCUT2D eigenvalue weighted by Crippen LogP contribution is -2.30. The Labute approximate surface area is 113 Å². The van der Waals surface area contributed by atoms with Crippen LogP contribution in [0.15, 0.2) is 24.3 Å². The number of nitrogens with one attached hydrogen (secondary N) is 1. The molecule has 104 valence electrons. The van der Waals surface area contributed by atoms with E-state index >= 15 is 0 Å². The van der Waals surface area contributed by atoms with E-state index in [9.17, 15) is 9.90 Å². The molecule has 2 rings (SSSR count). The molecular formula is C14H21N3O2. The van der Waals surface area contributed by atoms with Gasteiger partial charge in [-0.25, -0.2) is 5.84 Å². The lowest BCUT2D eigenvalue weighted by molar-refractivity contribution is 0.0953. The van der Waals surface area contributed by atoms with Gasteiger partial charge in [-0.1, -0.05) is 12.1 Å². The average molecular weight is 263 g/mol. The van der Waals surface area contributed by atoms with Crippen molar-refractivity contribution in [3.8, 4) is 0 Å². The first-order valence-corrected chi connectivity index (χ1v) is 6.60. The van der Waals surface area contributed by atoms with E-state index in [0.717, 1.165) is 26.1 Å². The number of benzene rings is 1. The predicted octanol–water partition coefficient (Wildman–Crippen LogP) is 0.493. The van der Waals surface area contributed by atoms with E-state index in [1.54, 1.807) is 12.1 Å². The summed E-state index contributed by atoms with van der Waals surface area (Å²) in [5.74, 6) is 5.19. The minimum absolute atomic E-state index is 0.236. The van der Waals surface area contributed by atoms with E-state index in [1.807, 2.05) is 19.1 Å². The standard InChI is InChI=1S/C14H21N3O2/c1-10(18)13-6-7-17(9-13)8-11-2-4-12(5-3-11)14(19)16-15/h2-5,10,13,18H,6-9,15H2,1H3,(H,16,19). The monoisotopic (exact) mass is 263 g/mol. The molecule has 0 aromatic heterocycles. The van der Waals surface area contributed by atoms with Crippen LogP contribution < -0.4 is 11.3 Å². The molecule has 4 N–H and O–H groups in total. The Hall–Kier alpha value is -1.43. The number of aliphatic hydroxyl groups excluding tert-OH is 1. The summed E-state index contributed by atoms with van der Waals surface area (Å²) < 4.78 is 0. The van der Waals surface area contributed by atoms with Crippen LogP contribution in [0.2, 0.25) is 0 Å². The first kappa shape index (κ1) is 14.0. The van der Waals surface area contributed by atoms with Gasteiger partial charge in [0, 0.05) is 18.7 Å². The Kier molecular flexibility index (Phi) is 4.52. The van der Waals surface area contributed by atoms with Crippen LogP contribution in [0, 0.1) is 5.92 Å². The van der Waals surface area contributed by atoms with Crippen LogP contribution >= 0.6 is 0 Å². The largest absolute Gasteiger partial charge is 0.393 e. The van der Waals surface area contributed by atoms with Gasteiger partial charge in [0.15, 0.2) is 0 Å². The van der Waals surface area contributed by atoms with Gasteiger partial charge < -0.3 is 5.11 Å². The van der Waals surface area contributed by atoms with E-state index in [4.69, 9.17) is 5.84 Å². The quantitative estimate of drug-likeness (QED) is 0.420. The van der Waals surface area contributed by atoms with E-state index in [0.29, 0.717) is 11.5 Å². The molecule has 5 heteroatoms. The van der Waals surface area contributed by atoms with Crippen molar-refractivity contribution in [2.75, 3.05) is 13.1 Å². The van der Waals surface area contributed by atoms with E-state index in [2.05, 4.69) is 10.3 Å². The van der Waals surface area contributed by atoms with E-state index in [-0.39, 0.29) is 12.0 Å². The van der Waals surface area contributed by atoms with Crippen molar-refractivity contribution in [1.82, 2.24) is 10.3 Å². The molecule has 0 radical (unpaired) electrons. The second kappa shape index (κ2) is 6.14. The molecule has 0 bridgehead atoms. The van der Waals surface area contributed by atoms with Gasteiger partial charge in [-0.15, -0.1) is 0 Å². The van der Waals surface area contributed by atoms with Gasteiger partial charge in [0.05, 0.1) is 6.10 Å². The molecule has 2 atom stereocenters. The van der Waals surface area contributed by atoms with Crippen molar-refractivity contribution in [1.29, 1.82) is 0 Å². The Morgan fingerprint density at radius 1 is 1.53 bits per heavy atom. The van der Waals surface area contributed by atoms with Crippen LogP contribution in [0.5, 0.6) is 0 Å². The maximum Gasteiger partial charge on any atom is 0.265 e. The van der Waals surface area contributed by atoms with Crippen LogP contribution in [0.1, 0.15) is 29.3 Å². The van der Waals surface area contributed by atoms with Crippen LogP contribution in [-0.4, -0.2) is 35.1 Å². The summed E-state index contributed by atoms with van der Waals surface area (Å²) in [5.41, 5.74) is 3.85. The maximum absolute atomic E-state index is 11.3. The molecule has 1 aliphatic heterocycles. The van der Waals surface area contributed by atoms with Crippen LogP contribution in [0.25, 0.3) is 0 Å². The molecule has 0 aliphatic carbocycles. The van der Waals surface area contributed by atoms with E-state index in [1.165, 1.54) is 5.56 Å². The zero-order valence-electron chi connectivity index (χ0n) is 11.2. The number of aliphatic hydroxyl groups is 1. The van der Waals surface area contributed by atoms with Gasteiger partial charge in [0.2, 0.25) is 0 Å². The van der Waals surface area contributed by atoms with Gasteiger partial charge in [0.1, 0.15) is 0 Å². The summed E-state index contributed by atoms with van der Waals surface area (Å²) in [6, 6.07) is 7.44. The topological polar surface area (TPSA) is 78.6 Å². The van der Waals surface area contributed by atoms with Crippen molar-refractivity contribution in [3.05, 3.63) is 35.4 Å². The third kappa shape index (κ3) is 3.53. The number of likely N-dealkylation sites (tertiary alicyclic amines) is 1. The highest BCUT2D eigenvalue weighted by molar-refractivity contribution is 5.93. The smallest absolute Gasteiger partial charge is 0.265 e. The molecule has 0 saturated carbocycles. The summed E-state index contributed by atoms with van der Waals surface area (Å²) in [6.07, 6.45) is 0.811. The Balaban J connectivity index is 1.92. The number of nitrogen functional groups attached to an aromatic ring is 1. The molecule has 5 nitrogen and oxygen atoms in total. The molecule has 1 fully saturated rings. The number of amides is 1. The summed E-state index contributed by atoms with van der Waals surface area (Å²) in [7, 11) is 0. The van der Waals surface area contributed by atoms with Crippen molar-refractivity contribution < 1.29 is 9.90 Å². The number of hydrogen-bond acceptors (Lipinski definition) is 4. The summed E-state index contributed by atoms with van der Waals surface area (Å²) in [5, 5.41) is 9.58. The minimum atomic E-state index is -0.276. The molecule has 0 spiro atoms. The number of carbonyl (C=O) groups excluding carboxylic acids is 1. The third-order valence-corrected chi connectivity index (χ3v) is 3.74. The van der Waals surface area contributed by atoms with Crippen LogP contribution in [0.4, 0.5) is 0 Å². The fourth-order valence-electron chi connectivity index (χ4n) is 2.50. The van der Waals surface area contributed by atoms with Crippen molar-refractivity contribution in [3.63, 3.8) is 0 Å². The van der Waals surface area contributed by atoms with Crippen molar-refractivity contribution in [2.24, 2.45) is 11.8 Å². The highest BCUT2D eigenvalue weighted by atomic mass is 16.3. The molecule has 1 heterocycles. The number of nitrogens with two attached hydrogens (primary N) is 1. The second-order valence-electron chi connectivity index (χ2n) is 5.19. The first-order valence-electron chi connectivity index (χ1n) is 6.60. The predicted molar refractivity (Wildman–Crippen MR) is 73.2 cm³/mol. The zero-order chi connectivity index (χ0) is 13.8. The van der Waals surface area contributed by atoms with Gasteiger partial charge in [-0.2, -0.15) is 0 Å². The molecule has 2 unspecified atom stereocenters. The zero-order valence-corrected chi connectivity index (χ0v) is 11.2. The second-order valence-corrected chi connectivity index (χ2v) is 5.19. The normalized spacial score (nSPS) is 21.3. The van der Waals surface area contributed by atoms with Gasteiger partial charge >= 0.3 is 0 Å². The first-order chi connectivity index (χ1) is 9.10. The maximum atomic E-state index is 11.3. The minimum Gasteiger partial charge on any atom is -0.393 e. The van der Waals surface area contributed by atoms with Gasteiger partial charge in [-0.05, 0) is 43.5 Å². The number of carbonyl (C=O) groups is 1. The Morgan fingerprint density at radius 3 is 2.74 bits per heavy atom. The molecule has 1 aliphatic rings. The number of hydrazine groups is 1. The fraction of sp³-hybridized carbons (Fsp3) is 0.500. The molecule has 1 aromatic carbocycles. The van der Waals surface area contributed by atoms with Crippen LogP contribution in [0.3, 0.4) is 0 Å². The van der Waals surface area contributed by atoms with Gasteiger partial charge in [0.25, 0.3) is 5.91 Å². The third-order valence-electron chi connectivity index (χ3n) is 3.74. The molecule has 1 amide bonds. The Morgan fingerprint density at radius 2 is 2.21 bits per heavy atom. The molecule has 1 saturated heterocycles. The lowest BCUT2D eigenvalue weighted by atomic mass is 10.0.